The minimum absolute atomic E-state index is 0.173. The first-order valence-corrected chi connectivity index (χ1v) is 5.05. The summed E-state index contributed by atoms with van der Waals surface area (Å²) in [5.41, 5.74) is 1.09. The molecule has 0 aliphatic heterocycles. The Morgan fingerprint density at radius 2 is 2.18 bits per heavy atom. The fraction of sp³-hybridized carbons (Fsp3) is 0.0769. The number of rotatable bonds is 3. The van der Waals surface area contributed by atoms with E-state index in [9.17, 15) is 4.79 Å². The zero-order valence-electron chi connectivity index (χ0n) is 9.01. The molecular weight excluding hydrogens is 216 g/mol. The molecule has 0 unspecified atom stereocenters. The third-order valence-corrected chi connectivity index (χ3v) is 2.15. The van der Waals surface area contributed by atoms with Gasteiger partial charge in [0.2, 0.25) is 0 Å². The van der Waals surface area contributed by atoms with E-state index in [4.69, 9.17) is 10.9 Å². The molecule has 17 heavy (non-hydrogen) atoms. The first kappa shape index (κ1) is 11.0. The van der Waals surface area contributed by atoms with Gasteiger partial charge in [-0.3, -0.25) is 4.79 Å². The molecular formula is C13H10N2O2. The first-order chi connectivity index (χ1) is 8.31. The molecule has 1 heterocycles. The molecule has 1 amide bonds. The number of hydrogen-bond acceptors (Lipinski definition) is 3. The van der Waals surface area contributed by atoms with Crippen LogP contribution in [0.5, 0.6) is 0 Å². The minimum Gasteiger partial charge on any atom is -0.355 e. The number of nitrogens with zero attached hydrogens (tertiary/aromatic N) is 1. The minimum atomic E-state index is -0.339. The molecule has 4 heteroatoms. The summed E-state index contributed by atoms with van der Waals surface area (Å²) in [4.78, 5) is 11.5. The summed E-state index contributed by atoms with van der Waals surface area (Å²) in [5, 5.41) is 6.21. The third-order valence-electron chi connectivity index (χ3n) is 2.15. The lowest BCUT2D eigenvalue weighted by molar-refractivity contribution is 0.0950. The molecule has 0 fully saturated rings. The van der Waals surface area contributed by atoms with Gasteiger partial charge in [-0.2, -0.15) is 0 Å². The number of carbonyl (C=O) groups excluding carboxylic acids is 1. The maximum Gasteiger partial charge on any atom is 0.274 e. The van der Waals surface area contributed by atoms with Crippen molar-refractivity contribution >= 4 is 5.91 Å². The van der Waals surface area contributed by atoms with Crippen LogP contribution in [0.15, 0.2) is 40.9 Å². The molecule has 84 valence electrons. The highest BCUT2D eigenvalue weighted by atomic mass is 16.5. The van der Waals surface area contributed by atoms with Gasteiger partial charge in [0.25, 0.3) is 5.91 Å². The van der Waals surface area contributed by atoms with Crippen molar-refractivity contribution < 1.29 is 9.32 Å². The highest BCUT2D eigenvalue weighted by Crippen LogP contribution is 2.19. The molecule has 1 aromatic carbocycles. The Bertz CT molecular complexity index is 552. The molecule has 0 saturated heterocycles. The van der Waals surface area contributed by atoms with Gasteiger partial charge in [-0.1, -0.05) is 41.4 Å². The fourth-order valence-corrected chi connectivity index (χ4v) is 1.34. The van der Waals surface area contributed by atoms with E-state index >= 15 is 0 Å². The van der Waals surface area contributed by atoms with Crippen LogP contribution >= 0.6 is 0 Å². The van der Waals surface area contributed by atoms with Gasteiger partial charge in [0.15, 0.2) is 11.5 Å². The van der Waals surface area contributed by atoms with Gasteiger partial charge in [-0.05, 0) is 0 Å². The van der Waals surface area contributed by atoms with Crippen LogP contribution < -0.4 is 5.32 Å². The van der Waals surface area contributed by atoms with Gasteiger partial charge in [-0.25, -0.2) is 0 Å². The van der Waals surface area contributed by atoms with Crippen LogP contribution in [0.2, 0.25) is 0 Å². The second-order valence-corrected chi connectivity index (χ2v) is 3.33. The van der Waals surface area contributed by atoms with E-state index in [1.165, 1.54) is 0 Å². The summed E-state index contributed by atoms with van der Waals surface area (Å²) in [7, 11) is 0. The molecule has 0 aliphatic carbocycles. The largest absolute Gasteiger partial charge is 0.355 e. The topological polar surface area (TPSA) is 55.1 Å². The van der Waals surface area contributed by atoms with E-state index in [1.54, 1.807) is 6.07 Å². The molecule has 0 bridgehead atoms. The van der Waals surface area contributed by atoms with Crippen LogP contribution in [0, 0.1) is 12.3 Å². The number of terminal acetylenes is 1. The quantitative estimate of drug-likeness (QED) is 0.810. The molecule has 0 spiro atoms. The Kier molecular flexibility index (Phi) is 3.22. The number of benzene rings is 1. The van der Waals surface area contributed by atoms with Crippen LogP contribution in [0.3, 0.4) is 0 Å². The van der Waals surface area contributed by atoms with E-state index in [2.05, 4.69) is 16.4 Å². The molecule has 0 saturated carbocycles. The van der Waals surface area contributed by atoms with Crippen LogP contribution in [-0.4, -0.2) is 17.6 Å². The molecule has 1 aromatic heterocycles. The SMILES string of the molecule is C#CCNC(=O)c1cc(-c2ccccc2)on1. The fourth-order valence-electron chi connectivity index (χ4n) is 1.34. The lowest BCUT2D eigenvalue weighted by Gasteiger charge is -1.94. The van der Waals surface area contributed by atoms with Crippen LogP contribution in [0.4, 0.5) is 0 Å². The zero-order valence-corrected chi connectivity index (χ0v) is 9.01. The average molecular weight is 226 g/mol. The number of aromatic nitrogens is 1. The summed E-state index contributed by atoms with van der Waals surface area (Å²) >= 11 is 0. The predicted molar refractivity (Wildman–Crippen MR) is 63.1 cm³/mol. The number of amides is 1. The second-order valence-electron chi connectivity index (χ2n) is 3.33. The van der Waals surface area contributed by atoms with Crippen molar-refractivity contribution in [2.75, 3.05) is 6.54 Å². The lowest BCUT2D eigenvalue weighted by Crippen LogP contribution is -2.23. The smallest absolute Gasteiger partial charge is 0.274 e. The Hall–Kier alpha value is -2.54. The van der Waals surface area contributed by atoms with Crippen molar-refractivity contribution in [1.29, 1.82) is 0 Å². The van der Waals surface area contributed by atoms with Crippen molar-refractivity contribution in [2.45, 2.75) is 0 Å². The maximum atomic E-state index is 11.5. The summed E-state index contributed by atoms with van der Waals surface area (Å²) < 4.78 is 5.09. The lowest BCUT2D eigenvalue weighted by atomic mass is 10.1. The highest BCUT2D eigenvalue weighted by Gasteiger charge is 2.12. The number of carbonyl (C=O) groups is 1. The highest BCUT2D eigenvalue weighted by molar-refractivity contribution is 5.93. The Labute approximate surface area is 98.6 Å². The Morgan fingerprint density at radius 3 is 2.88 bits per heavy atom. The van der Waals surface area contributed by atoms with Gasteiger partial charge < -0.3 is 9.84 Å². The van der Waals surface area contributed by atoms with Gasteiger partial charge in [0, 0.05) is 11.6 Å². The van der Waals surface area contributed by atoms with Gasteiger partial charge in [-0.15, -0.1) is 6.42 Å². The van der Waals surface area contributed by atoms with Crippen LogP contribution in [-0.2, 0) is 0 Å². The monoisotopic (exact) mass is 226 g/mol. The van der Waals surface area contributed by atoms with Crippen LogP contribution in [0.1, 0.15) is 10.5 Å². The summed E-state index contributed by atoms with van der Waals surface area (Å²) in [6, 6.07) is 11.0. The van der Waals surface area contributed by atoms with E-state index < -0.39 is 0 Å². The van der Waals surface area contributed by atoms with Crippen LogP contribution in [0.25, 0.3) is 11.3 Å². The van der Waals surface area contributed by atoms with E-state index in [0.717, 1.165) is 5.56 Å². The van der Waals surface area contributed by atoms with Gasteiger partial charge in [0.05, 0.1) is 6.54 Å². The normalized spacial score (nSPS) is 9.59. The standard InChI is InChI=1S/C13H10N2O2/c1-2-8-14-13(16)11-9-12(17-15-11)10-6-4-3-5-7-10/h1,3-7,9H,8H2,(H,14,16). The van der Waals surface area contributed by atoms with E-state index in [0.29, 0.717) is 5.76 Å². The molecule has 0 aliphatic rings. The number of hydrogen-bond donors (Lipinski definition) is 1. The molecule has 2 rings (SSSR count). The van der Waals surface area contributed by atoms with Gasteiger partial charge in [0.1, 0.15) is 0 Å². The van der Waals surface area contributed by atoms with E-state index in [-0.39, 0.29) is 18.1 Å². The van der Waals surface area contributed by atoms with Crippen molar-refractivity contribution in [1.82, 2.24) is 10.5 Å². The maximum absolute atomic E-state index is 11.5. The van der Waals surface area contributed by atoms with Crippen molar-refractivity contribution in [3.8, 4) is 23.7 Å². The zero-order chi connectivity index (χ0) is 12.1. The molecule has 0 atom stereocenters. The molecule has 2 aromatic rings. The second kappa shape index (κ2) is 4.99. The number of nitrogens with one attached hydrogen (secondary N) is 1. The Balaban J connectivity index is 2.17. The van der Waals surface area contributed by atoms with E-state index in [1.807, 2.05) is 30.3 Å². The summed E-state index contributed by atoms with van der Waals surface area (Å²) in [6.07, 6.45) is 5.04. The van der Waals surface area contributed by atoms with Gasteiger partial charge >= 0.3 is 0 Å². The first-order valence-electron chi connectivity index (χ1n) is 5.05. The predicted octanol–water partition coefficient (Wildman–Crippen LogP) is 1.70. The Morgan fingerprint density at radius 1 is 1.41 bits per heavy atom. The van der Waals surface area contributed by atoms with Crippen molar-refractivity contribution in [3.63, 3.8) is 0 Å². The molecule has 4 nitrogen and oxygen atoms in total. The summed E-state index contributed by atoms with van der Waals surface area (Å²) in [6.45, 7) is 0.173. The molecule has 0 radical (unpaired) electrons. The third kappa shape index (κ3) is 2.52. The molecule has 1 N–H and O–H groups in total. The van der Waals surface area contributed by atoms with Crippen molar-refractivity contribution in [2.24, 2.45) is 0 Å². The van der Waals surface area contributed by atoms with Crippen molar-refractivity contribution in [3.05, 3.63) is 42.1 Å². The average Bonchev–Trinajstić information content (AvgIpc) is 2.86. The summed E-state index contributed by atoms with van der Waals surface area (Å²) in [5.74, 6) is 2.53.